The van der Waals surface area contributed by atoms with E-state index < -0.39 is 5.97 Å². The summed E-state index contributed by atoms with van der Waals surface area (Å²) in [4.78, 5) is 18.9. The Morgan fingerprint density at radius 3 is 2.19 bits per heavy atom. The molecule has 0 aliphatic heterocycles. The van der Waals surface area contributed by atoms with Crippen molar-refractivity contribution in [3.8, 4) is 0 Å². The molecule has 82 valence electrons. The fraction of sp³-hybridized carbons (Fsp3) is 0.100. The van der Waals surface area contributed by atoms with Gasteiger partial charge in [0, 0.05) is 0 Å². The van der Waals surface area contributed by atoms with E-state index in [9.17, 15) is 4.79 Å². The Kier molecular flexibility index (Phi) is 2.69. The van der Waals surface area contributed by atoms with Gasteiger partial charge in [0.2, 0.25) is 0 Å². The third kappa shape index (κ3) is 1.81. The molecule has 0 atom stereocenters. The van der Waals surface area contributed by atoms with Gasteiger partial charge in [-0.05, 0) is 24.6 Å². The van der Waals surface area contributed by atoms with E-state index in [0.717, 1.165) is 0 Å². The van der Waals surface area contributed by atoms with Gasteiger partial charge in [-0.1, -0.05) is 23.2 Å². The highest BCUT2D eigenvalue weighted by atomic mass is 35.5. The van der Waals surface area contributed by atoms with Crippen LogP contribution < -0.4 is 0 Å². The highest BCUT2D eigenvalue weighted by Crippen LogP contribution is 2.23. The van der Waals surface area contributed by atoms with Crippen LogP contribution in [0.2, 0.25) is 10.3 Å². The lowest BCUT2D eigenvalue weighted by Crippen LogP contribution is -2.00. The zero-order chi connectivity index (χ0) is 11.9. The molecule has 2 rings (SSSR count). The maximum absolute atomic E-state index is 10.9. The molecule has 0 bridgehead atoms. The number of aromatic nitrogens is 2. The summed E-state index contributed by atoms with van der Waals surface area (Å²) in [5, 5.41) is 9.11. The Morgan fingerprint density at radius 2 is 1.69 bits per heavy atom. The SMILES string of the molecule is Cc1cc2nc(Cl)c(Cl)nc2cc1C(=O)O. The molecule has 0 saturated heterocycles. The fourth-order valence-electron chi connectivity index (χ4n) is 1.39. The zero-order valence-electron chi connectivity index (χ0n) is 8.16. The Hall–Kier alpha value is -1.39. The molecule has 0 amide bonds. The van der Waals surface area contributed by atoms with Crippen molar-refractivity contribution in [3.05, 3.63) is 33.6 Å². The van der Waals surface area contributed by atoms with E-state index in [1.807, 2.05) is 0 Å². The molecule has 0 fully saturated rings. The van der Waals surface area contributed by atoms with Crippen LogP contribution in [0.3, 0.4) is 0 Å². The third-order valence-corrected chi connectivity index (χ3v) is 2.78. The Labute approximate surface area is 101 Å². The van der Waals surface area contributed by atoms with Crippen LogP contribution in [0.25, 0.3) is 11.0 Å². The first-order chi connectivity index (χ1) is 7.49. The van der Waals surface area contributed by atoms with E-state index in [0.29, 0.717) is 16.6 Å². The van der Waals surface area contributed by atoms with Crippen LogP contribution in [0, 0.1) is 6.92 Å². The largest absolute Gasteiger partial charge is 0.478 e. The van der Waals surface area contributed by atoms with Crippen molar-refractivity contribution in [3.63, 3.8) is 0 Å². The summed E-state index contributed by atoms with van der Waals surface area (Å²) in [6, 6.07) is 3.05. The molecule has 16 heavy (non-hydrogen) atoms. The number of aromatic carboxylic acids is 1. The quantitative estimate of drug-likeness (QED) is 0.852. The van der Waals surface area contributed by atoms with Gasteiger partial charge in [0.05, 0.1) is 16.6 Å². The lowest BCUT2D eigenvalue weighted by Gasteiger charge is -2.04. The molecule has 1 heterocycles. The van der Waals surface area contributed by atoms with Crippen molar-refractivity contribution in [1.82, 2.24) is 9.97 Å². The summed E-state index contributed by atoms with van der Waals surface area (Å²) < 4.78 is 0. The molecule has 1 N–H and O–H groups in total. The van der Waals surface area contributed by atoms with Crippen molar-refractivity contribution in [2.45, 2.75) is 6.92 Å². The summed E-state index contributed by atoms with van der Waals surface area (Å²) in [7, 11) is 0. The molecule has 1 aromatic carbocycles. The van der Waals surface area contributed by atoms with Gasteiger partial charge < -0.3 is 5.11 Å². The molecule has 0 spiro atoms. The average Bonchev–Trinajstić information content (AvgIpc) is 2.19. The predicted octanol–water partition coefficient (Wildman–Crippen LogP) is 2.94. The summed E-state index contributed by atoms with van der Waals surface area (Å²) in [5.74, 6) is -1.01. The zero-order valence-corrected chi connectivity index (χ0v) is 9.67. The van der Waals surface area contributed by atoms with E-state index in [1.54, 1.807) is 13.0 Å². The summed E-state index contributed by atoms with van der Waals surface area (Å²) in [6.07, 6.45) is 0. The minimum Gasteiger partial charge on any atom is -0.478 e. The summed E-state index contributed by atoms with van der Waals surface area (Å²) in [5.41, 5.74) is 1.72. The maximum Gasteiger partial charge on any atom is 0.336 e. The van der Waals surface area contributed by atoms with E-state index in [-0.39, 0.29) is 15.9 Å². The Balaban J connectivity index is 2.79. The number of carboxylic acids is 1. The van der Waals surface area contributed by atoms with Crippen molar-refractivity contribution < 1.29 is 9.90 Å². The van der Waals surface area contributed by atoms with E-state index in [4.69, 9.17) is 28.3 Å². The number of fused-ring (bicyclic) bond motifs is 1. The molecule has 0 aliphatic carbocycles. The van der Waals surface area contributed by atoms with E-state index in [1.165, 1.54) is 6.07 Å². The first-order valence-corrected chi connectivity index (χ1v) is 5.11. The van der Waals surface area contributed by atoms with Crippen molar-refractivity contribution in [2.24, 2.45) is 0 Å². The van der Waals surface area contributed by atoms with Crippen LogP contribution in [0.15, 0.2) is 12.1 Å². The van der Waals surface area contributed by atoms with Gasteiger partial charge in [-0.3, -0.25) is 0 Å². The number of halogens is 2. The lowest BCUT2D eigenvalue weighted by molar-refractivity contribution is 0.0696. The van der Waals surface area contributed by atoms with Crippen LogP contribution >= 0.6 is 23.2 Å². The van der Waals surface area contributed by atoms with E-state index >= 15 is 0 Å². The van der Waals surface area contributed by atoms with Crippen LogP contribution in [0.1, 0.15) is 15.9 Å². The molecule has 1 aromatic heterocycles. The third-order valence-electron chi connectivity index (χ3n) is 2.16. The van der Waals surface area contributed by atoms with Crippen LogP contribution in [0.5, 0.6) is 0 Å². The topological polar surface area (TPSA) is 63.1 Å². The first kappa shape index (κ1) is 11.1. The standard InChI is InChI=1S/C10H6Cl2N2O2/c1-4-2-6-7(3-5(4)10(15)16)14-9(12)8(11)13-6/h2-3H,1H3,(H,15,16). The average molecular weight is 257 g/mol. The number of rotatable bonds is 1. The molecule has 0 unspecified atom stereocenters. The van der Waals surface area contributed by atoms with Gasteiger partial charge in [-0.25, -0.2) is 14.8 Å². The number of hydrogen-bond donors (Lipinski definition) is 1. The number of carboxylic acid groups (broad SMARTS) is 1. The second kappa shape index (κ2) is 3.88. The molecular weight excluding hydrogens is 251 g/mol. The van der Waals surface area contributed by atoms with Crippen molar-refractivity contribution >= 4 is 40.2 Å². The molecular formula is C10H6Cl2N2O2. The van der Waals surface area contributed by atoms with Gasteiger partial charge in [-0.15, -0.1) is 0 Å². The van der Waals surface area contributed by atoms with Crippen LogP contribution in [0.4, 0.5) is 0 Å². The van der Waals surface area contributed by atoms with Gasteiger partial charge in [0.25, 0.3) is 0 Å². The minimum atomic E-state index is -1.01. The number of aryl methyl sites for hydroxylation is 1. The van der Waals surface area contributed by atoms with Crippen LogP contribution in [-0.2, 0) is 0 Å². The van der Waals surface area contributed by atoms with Gasteiger partial charge in [-0.2, -0.15) is 0 Å². The molecule has 4 nitrogen and oxygen atoms in total. The second-order valence-electron chi connectivity index (χ2n) is 3.27. The summed E-state index contributed by atoms with van der Waals surface area (Å²) >= 11 is 11.4. The Bertz CT molecular complexity index is 599. The Morgan fingerprint density at radius 1 is 1.19 bits per heavy atom. The molecule has 2 aromatic rings. The molecule has 0 aliphatic rings. The number of carbonyl (C=O) groups is 1. The molecule has 0 saturated carbocycles. The van der Waals surface area contributed by atoms with E-state index in [2.05, 4.69) is 9.97 Å². The first-order valence-electron chi connectivity index (χ1n) is 4.35. The van der Waals surface area contributed by atoms with Gasteiger partial charge in [0.15, 0.2) is 10.3 Å². The summed E-state index contributed by atoms with van der Waals surface area (Å²) in [6.45, 7) is 1.69. The lowest BCUT2D eigenvalue weighted by atomic mass is 10.1. The highest BCUT2D eigenvalue weighted by Gasteiger charge is 2.11. The van der Waals surface area contributed by atoms with Crippen LogP contribution in [-0.4, -0.2) is 21.0 Å². The number of nitrogens with zero attached hydrogens (tertiary/aromatic N) is 2. The molecule has 6 heteroatoms. The minimum absolute atomic E-state index is 0.0642. The predicted molar refractivity (Wildman–Crippen MR) is 61.3 cm³/mol. The van der Waals surface area contributed by atoms with Crippen molar-refractivity contribution in [2.75, 3.05) is 0 Å². The highest BCUT2D eigenvalue weighted by molar-refractivity contribution is 6.40. The van der Waals surface area contributed by atoms with Gasteiger partial charge >= 0.3 is 5.97 Å². The fourth-order valence-corrected chi connectivity index (χ4v) is 1.66. The maximum atomic E-state index is 10.9. The number of hydrogen-bond acceptors (Lipinski definition) is 3. The van der Waals surface area contributed by atoms with Crippen molar-refractivity contribution in [1.29, 1.82) is 0 Å². The number of benzene rings is 1. The van der Waals surface area contributed by atoms with Gasteiger partial charge in [0.1, 0.15) is 0 Å². The monoisotopic (exact) mass is 256 g/mol. The molecule has 0 radical (unpaired) electrons. The smallest absolute Gasteiger partial charge is 0.336 e. The normalized spacial score (nSPS) is 10.7. The second-order valence-corrected chi connectivity index (χ2v) is 3.98.